The monoisotopic (exact) mass is 394 g/mol. The zero-order valence-electron chi connectivity index (χ0n) is 13.2. The minimum Gasteiger partial charge on any atom is -0.478 e. The van der Waals surface area contributed by atoms with E-state index in [0.717, 1.165) is 27.0 Å². The quantitative estimate of drug-likeness (QED) is 0.472. The van der Waals surface area contributed by atoms with Gasteiger partial charge in [-0.2, -0.15) is 5.10 Å². The van der Waals surface area contributed by atoms with Crippen LogP contribution in [-0.2, 0) is 0 Å². The number of carbonyl (C=O) groups is 1. The molecule has 124 valence electrons. The van der Waals surface area contributed by atoms with E-state index >= 15 is 0 Å². The van der Waals surface area contributed by atoms with Crippen molar-refractivity contribution < 1.29 is 9.90 Å². The summed E-state index contributed by atoms with van der Waals surface area (Å²) in [6.07, 6.45) is 0. The van der Waals surface area contributed by atoms with Gasteiger partial charge in [-0.05, 0) is 36.4 Å². The third-order valence-electron chi connectivity index (χ3n) is 3.59. The third kappa shape index (κ3) is 4.33. The third-order valence-corrected chi connectivity index (χ3v) is 4.12. The second-order valence-corrected chi connectivity index (χ2v) is 6.24. The Kier molecular flexibility index (Phi) is 5.26. The average Bonchev–Trinajstić information content (AvgIpc) is 2.64. The van der Waals surface area contributed by atoms with Crippen LogP contribution in [0.25, 0.3) is 0 Å². The summed E-state index contributed by atoms with van der Waals surface area (Å²) in [6, 6.07) is 24.3. The zero-order chi connectivity index (χ0) is 17.6. The molecular formula is C20H15BrN2O2. The van der Waals surface area contributed by atoms with E-state index < -0.39 is 5.97 Å². The van der Waals surface area contributed by atoms with Crippen molar-refractivity contribution in [3.05, 3.63) is 100 Å². The first kappa shape index (κ1) is 16.9. The first-order chi connectivity index (χ1) is 12.1. The summed E-state index contributed by atoms with van der Waals surface area (Å²) in [7, 11) is 0. The highest BCUT2D eigenvalue weighted by Crippen LogP contribution is 2.16. The Balaban J connectivity index is 1.92. The largest absolute Gasteiger partial charge is 0.478 e. The highest BCUT2D eigenvalue weighted by molar-refractivity contribution is 9.10. The lowest BCUT2D eigenvalue weighted by Crippen LogP contribution is -2.06. The molecule has 0 spiro atoms. The molecule has 2 N–H and O–H groups in total. The van der Waals surface area contributed by atoms with Crippen molar-refractivity contribution in [1.82, 2.24) is 0 Å². The van der Waals surface area contributed by atoms with Gasteiger partial charge in [0, 0.05) is 15.6 Å². The number of hydrogen-bond acceptors (Lipinski definition) is 3. The number of hydrogen-bond donors (Lipinski definition) is 2. The van der Waals surface area contributed by atoms with Gasteiger partial charge in [-0.3, -0.25) is 5.43 Å². The number of carboxylic acid groups (broad SMARTS) is 1. The summed E-state index contributed by atoms with van der Waals surface area (Å²) in [4.78, 5) is 10.9. The molecule has 0 aliphatic heterocycles. The van der Waals surface area contributed by atoms with Crippen molar-refractivity contribution >= 4 is 33.3 Å². The molecule has 5 heteroatoms. The van der Waals surface area contributed by atoms with Crippen LogP contribution in [-0.4, -0.2) is 16.8 Å². The van der Waals surface area contributed by atoms with Crippen molar-refractivity contribution in [2.45, 2.75) is 0 Å². The number of carboxylic acids is 1. The Labute approximate surface area is 154 Å². The molecule has 0 aromatic heterocycles. The zero-order valence-corrected chi connectivity index (χ0v) is 14.8. The lowest BCUT2D eigenvalue weighted by Gasteiger charge is -2.09. The summed E-state index contributed by atoms with van der Waals surface area (Å²) >= 11 is 3.44. The van der Waals surface area contributed by atoms with Crippen molar-refractivity contribution in [3.8, 4) is 0 Å². The highest BCUT2D eigenvalue weighted by Gasteiger charge is 2.07. The van der Waals surface area contributed by atoms with E-state index in [4.69, 9.17) is 5.11 Å². The van der Waals surface area contributed by atoms with E-state index in [1.165, 1.54) is 0 Å². The van der Waals surface area contributed by atoms with Gasteiger partial charge in [-0.25, -0.2) is 4.79 Å². The smallest absolute Gasteiger partial charge is 0.335 e. The highest BCUT2D eigenvalue weighted by atomic mass is 79.9. The fourth-order valence-electron chi connectivity index (χ4n) is 2.31. The molecule has 0 atom stereocenters. The maximum atomic E-state index is 10.9. The summed E-state index contributed by atoms with van der Waals surface area (Å²) in [5.74, 6) is -0.949. The van der Waals surface area contributed by atoms with Crippen LogP contribution in [0.1, 0.15) is 21.5 Å². The van der Waals surface area contributed by atoms with Crippen LogP contribution in [0.2, 0.25) is 0 Å². The molecule has 0 bridgehead atoms. The number of aromatic carboxylic acids is 1. The topological polar surface area (TPSA) is 61.7 Å². The van der Waals surface area contributed by atoms with E-state index in [1.54, 1.807) is 24.3 Å². The van der Waals surface area contributed by atoms with Gasteiger partial charge in [0.15, 0.2) is 0 Å². The van der Waals surface area contributed by atoms with Crippen LogP contribution in [0.5, 0.6) is 0 Å². The summed E-state index contributed by atoms with van der Waals surface area (Å²) in [5, 5.41) is 13.5. The molecule has 4 nitrogen and oxygen atoms in total. The fraction of sp³-hybridized carbons (Fsp3) is 0. The van der Waals surface area contributed by atoms with Crippen LogP contribution in [0.4, 0.5) is 5.69 Å². The normalized spacial score (nSPS) is 11.2. The van der Waals surface area contributed by atoms with Gasteiger partial charge < -0.3 is 5.11 Å². The molecule has 0 saturated heterocycles. The van der Waals surface area contributed by atoms with Crippen molar-refractivity contribution in [1.29, 1.82) is 0 Å². The molecule has 3 aromatic carbocycles. The van der Waals surface area contributed by atoms with E-state index in [-0.39, 0.29) is 5.56 Å². The van der Waals surface area contributed by atoms with E-state index in [1.807, 2.05) is 54.6 Å². The Morgan fingerprint density at radius 1 is 0.800 bits per heavy atom. The lowest BCUT2D eigenvalue weighted by atomic mass is 10.0. The number of benzene rings is 3. The molecule has 0 aliphatic carbocycles. The number of nitrogens with one attached hydrogen (secondary N) is 1. The maximum absolute atomic E-state index is 10.9. The van der Waals surface area contributed by atoms with Crippen LogP contribution >= 0.6 is 15.9 Å². The van der Waals surface area contributed by atoms with E-state index in [9.17, 15) is 4.79 Å². The first-order valence-corrected chi connectivity index (χ1v) is 8.41. The standard InChI is InChI=1S/C20H15BrN2O2/c21-17-10-6-15(7-11-17)19(14-4-2-1-3-5-14)23-22-18-12-8-16(9-13-18)20(24)25/h1-13,22H,(H,24,25). The molecule has 0 fully saturated rings. The minimum absolute atomic E-state index is 0.241. The van der Waals surface area contributed by atoms with Crippen LogP contribution in [0.15, 0.2) is 88.4 Å². The Morgan fingerprint density at radius 2 is 1.36 bits per heavy atom. The van der Waals surface area contributed by atoms with E-state index in [0.29, 0.717) is 0 Å². The fourth-order valence-corrected chi connectivity index (χ4v) is 2.57. The first-order valence-electron chi connectivity index (χ1n) is 7.62. The Bertz CT molecular complexity index is 889. The molecule has 0 amide bonds. The van der Waals surface area contributed by atoms with Gasteiger partial charge in [0.2, 0.25) is 0 Å². The SMILES string of the molecule is O=C(O)c1ccc(NN=C(c2ccccc2)c2ccc(Br)cc2)cc1. The van der Waals surface area contributed by atoms with Gasteiger partial charge in [0.1, 0.15) is 0 Å². The molecule has 0 unspecified atom stereocenters. The Hall–Kier alpha value is -2.92. The van der Waals surface area contributed by atoms with Gasteiger partial charge in [0.05, 0.1) is 17.0 Å². The van der Waals surface area contributed by atoms with Crippen molar-refractivity contribution in [2.24, 2.45) is 5.10 Å². The predicted molar refractivity (Wildman–Crippen MR) is 103 cm³/mol. The van der Waals surface area contributed by atoms with Crippen LogP contribution in [0, 0.1) is 0 Å². The maximum Gasteiger partial charge on any atom is 0.335 e. The van der Waals surface area contributed by atoms with Crippen molar-refractivity contribution in [2.75, 3.05) is 5.43 Å². The molecular weight excluding hydrogens is 380 g/mol. The molecule has 25 heavy (non-hydrogen) atoms. The molecule has 0 saturated carbocycles. The predicted octanol–water partition coefficient (Wildman–Crippen LogP) is 5.01. The van der Waals surface area contributed by atoms with Gasteiger partial charge in [-0.1, -0.05) is 58.4 Å². The number of nitrogens with zero attached hydrogens (tertiary/aromatic N) is 1. The number of anilines is 1. The molecule has 3 aromatic rings. The number of rotatable bonds is 5. The summed E-state index contributed by atoms with van der Waals surface area (Å²) in [6.45, 7) is 0. The Morgan fingerprint density at radius 3 is 1.96 bits per heavy atom. The summed E-state index contributed by atoms with van der Waals surface area (Å²) < 4.78 is 1.00. The molecule has 3 rings (SSSR count). The van der Waals surface area contributed by atoms with Crippen LogP contribution in [0.3, 0.4) is 0 Å². The second-order valence-electron chi connectivity index (χ2n) is 5.33. The van der Waals surface area contributed by atoms with Gasteiger partial charge >= 0.3 is 5.97 Å². The molecule has 0 aliphatic rings. The number of hydrazone groups is 1. The molecule has 0 radical (unpaired) electrons. The van der Waals surface area contributed by atoms with E-state index in [2.05, 4.69) is 26.5 Å². The van der Waals surface area contributed by atoms with Gasteiger partial charge in [-0.15, -0.1) is 0 Å². The lowest BCUT2D eigenvalue weighted by molar-refractivity contribution is 0.0697. The average molecular weight is 395 g/mol. The second kappa shape index (κ2) is 7.77. The van der Waals surface area contributed by atoms with Gasteiger partial charge in [0.25, 0.3) is 0 Å². The summed E-state index contributed by atoms with van der Waals surface area (Å²) in [5.41, 5.74) is 6.73. The van der Waals surface area contributed by atoms with Crippen LogP contribution < -0.4 is 5.43 Å². The minimum atomic E-state index is -0.949. The van der Waals surface area contributed by atoms with Crippen molar-refractivity contribution in [3.63, 3.8) is 0 Å². The number of halogens is 1. The molecule has 0 heterocycles.